The summed E-state index contributed by atoms with van der Waals surface area (Å²) in [6.45, 7) is 3.65. The Balaban J connectivity index is 2.46. The monoisotopic (exact) mass is 252 g/mol. The van der Waals surface area contributed by atoms with Gasteiger partial charge in [0.1, 0.15) is 5.75 Å². The summed E-state index contributed by atoms with van der Waals surface area (Å²) in [7, 11) is 1.69. The SMILES string of the molecule is CCCOCCC(Cc1ccccc1OC)NN. The molecule has 102 valence electrons. The third-order valence-electron chi connectivity index (χ3n) is 2.85. The summed E-state index contributed by atoms with van der Waals surface area (Å²) in [5, 5.41) is 0. The maximum absolute atomic E-state index is 5.58. The molecule has 1 aromatic carbocycles. The van der Waals surface area contributed by atoms with E-state index >= 15 is 0 Å². The molecule has 0 radical (unpaired) electrons. The van der Waals surface area contributed by atoms with E-state index in [9.17, 15) is 0 Å². The minimum absolute atomic E-state index is 0.207. The molecule has 0 saturated carbocycles. The quantitative estimate of drug-likeness (QED) is 0.400. The second kappa shape index (κ2) is 8.91. The zero-order chi connectivity index (χ0) is 13.2. The third-order valence-corrected chi connectivity index (χ3v) is 2.85. The first-order valence-electron chi connectivity index (χ1n) is 6.47. The molecule has 0 aliphatic rings. The van der Waals surface area contributed by atoms with E-state index in [1.807, 2.05) is 18.2 Å². The van der Waals surface area contributed by atoms with Gasteiger partial charge in [-0.15, -0.1) is 0 Å². The lowest BCUT2D eigenvalue weighted by molar-refractivity contribution is 0.124. The van der Waals surface area contributed by atoms with E-state index in [1.165, 1.54) is 5.56 Å². The molecule has 1 atom stereocenters. The highest BCUT2D eigenvalue weighted by Gasteiger charge is 2.10. The molecular weight excluding hydrogens is 228 g/mol. The van der Waals surface area contributed by atoms with Crippen LogP contribution in [-0.2, 0) is 11.2 Å². The van der Waals surface area contributed by atoms with Crippen molar-refractivity contribution in [3.8, 4) is 5.75 Å². The number of nitrogens with two attached hydrogens (primary N) is 1. The van der Waals surface area contributed by atoms with Gasteiger partial charge in [-0.2, -0.15) is 0 Å². The van der Waals surface area contributed by atoms with Crippen LogP contribution in [0.4, 0.5) is 0 Å². The zero-order valence-corrected chi connectivity index (χ0v) is 11.3. The van der Waals surface area contributed by atoms with E-state index in [-0.39, 0.29) is 6.04 Å². The number of para-hydroxylation sites is 1. The molecule has 0 amide bonds. The maximum Gasteiger partial charge on any atom is 0.122 e. The predicted octanol–water partition coefficient (Wildman–Crippen LogP) is 1.89. The lowest BCUT2D eigenvalue weighted by Gasteiger charge is -2.17. The molecule has 4 nitrogen and oxygen atoms in total. The van der Waals surface area contributed by atoms with Gasteiger partial charge in [0.15, 0.2) is 0 Å². The second-order valence-corrected chi connectivity index (χ2v) is 4.28. The van der Waals surface area contributed by atoms with E-state index in [1.54, 1.807) is 7.11 Å². The van der Waals surface area contributed by atoms with Gasteiger partial charge in [-0.05, 0) is 30.9 Å². The lowest BCUT2D eigenvalue weighted by Crippen LogP contribution is -2.37. The van der Waals surface area contributed by atoms with E-state index < -0.39 is 0 Å². The molecule has 1 rings (SSSR count). The maximum atomic E-state index is 5.58. The highest BCUT2D eigenvalue weighted by molar-refractivity contribution is 5.33. The summed E-state index contributed by atoms with van der Waals surface area (Å²) in [4.78, 5) is 0. The van der Waals surface area contributed by atoms with Crippen molar-refractivity contribution >= 4 is 0 Å². The zero-order valence-electron chi connectivity index (χ0n) is 11.3. The topological polar surface area (TPSA) is 56.5 Å². The number of hydrogen-bond donors (Lipinski definition) is 2. The normalized spacial score (nSPS) is 12.4. The number of hydrogen-bond acceptors (Lipinski definition) is 4. The Morgan fingerprint density at radius 3 is 2.72 bits per heavy atom. The Morgan fingerprint density at radius 2 is 2.06 bits per heavy atom. The fourth-order valence-corrected chi connectivity index (χ4v) is 1.85. The molecule has 0 fully saturated rings. The standard InChI is InChI=1S/C14H24N2O2/c1-3-9-18-10-8-13(16-15)11-12-6-4-5-7-14(12)17-2/h4-7,13,16H,3,8-11,15H2,1-2H3. The largest absolute Gasteiger partial charge is 0.496 e. The van der Waals surface area contributed by atoms with Gasteiger partial charge in [0.2, 0.25) is 0 Å². The summed E-state index contributed by atoms with van der Waals surface area (Å²) in [5.41, 5.74) is 4.01. The highest BCUT2D eigenvalue weighted by atomic mass is 16.5. The van der Waals surface area contributed by atoms with Gasteiger partial charge >= 0.3 is 0 Å². The van der Waals surface area contributed by atoms with Crippen LogP contribution >= 0.6 is 0 Å². The predicted molar refractivity (Wildman–Crippen MR) is 73.5 cm³/mol. The van der Waals surface area contributed by atoms with Crippen molar-refractivity contribution in [3.05, 3.63) is 29.8 Å². The summed E-state index contributed by atoms with van der Waals surface area (Å²) in [6, 6.07) is 8.22. The minimum atomic E-state index is 0.207. The molecule has 0 saturated heterocycles. The van der Waals surface area contributed by atoms with Crippen LogP contribution in [0.3, 0.4) is 0 Å². The summed E-state index contributed by atoms with van der Waals surface area (Å²) >= 11 is 0. The molecule has 18 heavy (non-hydrogen) atoms. The van der Waals surface area contributed by atoms with Crippen LogP contribution < -0.4 is 16.0 Å². The second-order valence-electron chi connectivity index (χ2n) is 4.28. The molecule has 0 heterocycles. The molecule has 0 aliphatic carbocycles. The van der Waals surface area contributed by atoms with Gasteiger partial charge in [0.25, 0.3) is 0 Å². The Morgan fingerprint density at radius 1 is 1.28 bits per heavy atom. The van der Waals surface area contributed by atoms with Crippen LogP contribution in [0.15, 0.2) is 24.3 Å². The summed E-state index contributed by atoms with van der Waals surface area (Å²) in [5.74, 6) is 6.49. The highest BCUT2D eigenvalue weighted by Crippen LogP contribution is 2.19. The first-order valence-corrected chi connectivity index (χ1v) is 6.47. The van der Waals surface area contributed by atoms with E-state index in [0.717, 1.165) is 38.2 Å². The number of methoxy groups -OCH3 is 1. The molecule has 0 aliphatic heterocycles. The van der Waals surface area contributed by atoms with Crippen LogP contribution in [0.1, 0.15) is 25.3 Å². The molecule has 1 aromatic rings. The van der Waals surface area contributed by atoms with E-state index in [2.05, 4.69) is 18.4 Å². The van der Waals surface area contributed by atoms with Crippen molar-refractivity contribution in [3.63, 3.8) is 0 Å². The smallest absolute Gasteiger partial charge is 0.122 e. The van der Waals surface area contributed by atoms with Crippen molar-refractivity contribution in [1.82, 2.24) is 5.43 Å². The Bertz CT molecular complexity index is 331. The number of benzene rings is 1. The average Bonchev–Trinajstić information content (AvgIpc) is 2.42. The van der Waals surface area contributed by atoms with Crippen molar-refractivity contribution in [2.24, 2.45) is 5.84 Å². The van der Waals surface area contributed by atoms with Crippen LogP contribution in [0.25, 0.3) is 0 Å². The first-order chi connectivity index (χ1) is 8.81. The first kappa shape index (κ1) is 15.0. The Kier molecular flexibility index (Phi) is 7.41. The van der Waals surface area contributed by atoms with Crippen molar-refractivity contribution in [2.45, 2.75) is 32.2 Å². The number of ether oxygens (including phenoxy) is 2. The van der Waals surface area contributed by atoms with Gasteiger partial charge in [-0.1, -0.05) is 25.1 Å². The molecule has 4 heteroatoms. The van der Waals surface area contributed by atoms with Crippen LogP contribution in [0.2, 0.25) is 0 Å². The fourth-order valence-electron chi connectivity index (χ4n) is 1.85. The van der Waals surface area contributed by atoms with Gasteiger partial charge in [-0.25, -0.2) is 0 Å². The average molecular weight is 252 g/mol. The van der Waals surface area contributed by atoms with Crippen molar-refractivity contribution in [1.29, 1.82) is 0 Å². The van der Waals surface area contributed by atoms with E-state index in [4.69, 9.17) is 15.3 Å². The van der Waals surface area contributed by atoms with Crippen molar-refractivity contribution in [2.75, 3.05) is 20.3 Å². The summed E-state index contributed by atoms with van der Waals surface area (Å²) in [6.07, 6.45) is 2.79. The van der Waals surface area contributed by atoms with Gasteiger partial charge < -0.3 is 9.47 Å². The van der Waals surface area contributed by atoms with Gasteiger partial charge in [0, 0.05) is 19.3 Å². The third kappa shape index (κ3) is 5.04. The van der Waals surface area contributed by atoms with Gasteiger partial charge in [0.05, 0.1) is 7.11 Å². The summed E-state index contributed by atoms with van der Waals surface area (Å²) < 4.78 is 10.8. The molecular formula is C14H24N2O2. The minimum Gasteiger partial charge on any atom is -0.496 e. The van der Waals surface area contributed by atoms with E-state index in [0.29, 0.717) is 0 Å². The molecule has 3 N–H and O–H groups in total. The van der Waals surface area contributed by atoms with Gasteiger partial charge in [-0.3, -0.25) is 11.3 Å². The lowest BCUT2D eigenvalue weighted by atomic mass is 10.0. The van der Waals surface area contributed by atoms with Crippen molar-refractivity contribution < 1.29 is 9.47 Å². The number of nitrogens with one attached hydrogen (secondary N) is 1. The Hall–Kier alpha value is -1.10. The molecule has 0 bridgehead atoms. The van der Waals surface area contributed by atoms with Crippen LogP contribution in [0, 0.1) is 0 Å². The Labute approximate surface area is 109 Å². The molecule has 1 unspecified atom stereocenters. The molecule has 0 spiro atoms. The van der Waals surface area contributed by atoms with Crippen LogP contribution in [-0.4, -0.2) is 26.4 Å². The fraction of sp³-hybridized carbons (Fsp3) is 0.571. The molecule has 0 aromatic heterocycles. The van der Waals surface area contributed by atoms with Crippen LogP contribution in [0.5, 0.6) is 5.75 Å². The number of hydrazine groups is 1. The number of rotatable bonds is 9.